The van der Waals surface area contributed by atoms with Gasteiger partial charge >= 0.3 is 5.97 Å². The molecule has 0 bridgehead atoms. The molecule has 0 radical (unpaired) electrons. The van der Waals surface area contributed by atoms with Crippen LogP contribution in [0.25, 0.3) is 6.08 Å². The van der Waals surface area contributed by atoms with Gasteiger partial charge in [0.25, 0.3) is 0 Å². The molecule has 0 spiro atoms. The number of carboxylic acid groups (broad SMARTS) is 1. The second-order valence-electron chi connectivity index (χ2n) is 4.21. The first-order valence-electron chi connectivity index (χ1n) is 4.97. The van der Waals surface area contributed by atoms with Crippen molar-refractivity contribution in [1.29, 1.82) is 0 Å². The van der Waals surface area contributed by atoms with E-state index in [0.29, 0.717) is 6.42 Å². The maximum Gasteiger partial charge on any atom is 0.309 e. The minimum absolute atomic E-state index is 0.539. The van der Waals surface area contributed by atoms with Gasteiger partial charge in [-0.05, 0) is 25.8 Å². The Morgan fingerprint density at radius 2 is 1.93 bits per heavy atom. The van der Waals surface area contributed by atoms with E-state index >= 15 is 0 Å². The highest BCUT2D eigenvalue weighted by molar-refractivity contribution is 5.74. The number of hydrogen-bond acceptors (Lipinski definition) is 1. The molecular weight excluding hydrogens is 188 g/mol. The molecule has 0 heterocycles. The molecule has 0 aliphatic heterocycles. The molecule has 80 valence electrons. The lowest BCUT2D eigenvalue weighted by molar-refractivity contribution is -0.146. The van der Waals surface area contributed by atoms with Crippen molar-refractivity contribution < 1.29 is 9.90 Å². The van der Waals surface area contributed by atoms with Gasteiger partial charge in [-0.2, -0.15) is 0 Å². The minimum Gasteiger partial charge on any atom is -0.481 e. The summed E-state index contributed by atoms with van der Waals surface area (Å²) in [5.74, 6) is -0.764. The first-order valence-corrected chi connectivity index (χ1v) is 4.97. The number of carbonyl (C=O) groups is 1. The van der Waals surface area contributed by atoms with Crippen LogP contribution in [-0.2, 0) is 4.79 Å². The number of aliphatic carboxylic acids is 1. The van der Waals surface area contributed by atoms with Gasteiger partial charge in [-0.15, -0.1) is 0 Å². The van der Waals surface area contributed by atoms with E-state index in [1.54, 1.807) is 13.8 Å². The maximum absolute atomic E-state index is 10.8. The fourth-order valence-corrected chi connectivity index (χ4v) is 1.14. The van der Waals surface area contributed by atoms with Crippen molar-refractivity contribution >= 4 is 12.0 Å². The molecule has 0 unspecified atom stereocenters. The van der Waals surface area contributed by atoms with E-state index in [2.05, 4.69) is 0 Å². The summed E-state index contributed by atoms with van der Waals surface area (Å²) >= 11 is 0. The van der Waals surface area contributed by atoms with Crippen LogP contribution in [-0.4, -0.2) is 11.1 Å². The summed E-state index contributed by atoms with van der Waals surface area (Å²) in [6.07, 6.45) is 4.39. The molecule has 0 saturated heterocycles. The monoisotopic (exact) mass is 204 g/mol. The van der Waals surface area contributed by atoms with Gasteiger partial charge in [-0.3, -0.25) is 4.79 Å². The highest BCUT2D eigenvalue weighted by Crippen LogP contribution is 2.21. The Kier molecular flexibility index (Phi) is 3.67. The molecule has 1 rings (SSSR count). The molecule has 0 aromatic heterocycles. The van der Waals surface area contributed by atoms with Crippen molar-refractivity contribution in [1.82, 2.24) is 0 Å². The Balaban J connectivity index is 2.58. The molecule has 0 saturated carbocycles. The van der Waals surface area contributed by atoms with Crippen LogP contribution >= 0.6 is 0 Å². The van der Waals surface area contributed by atoms with E-state index in [-0.39, 0.29) is 0 Å². The fourth-order valence-electron chi connectivity index (χ4n) is 1.14. The predicted molar refractivity (Wildman–Crippen MR) is 61.5 cm³/mol. The molecule has 0 fully saturated rings. The number of carboxylic acids is 1. The Hall–Kier alpha value is -1.57. The molecule has 1 N–H and O–H groups in total. The lowest BCUT2D eigenvalue weighted by Gasteiger charge is -2.15. The summed E-state index contributed by atoms with van der Waals surface area (Å²) in [5, 5.41) is 8.90. The van der Waals surface area contributed by atoms with Crippen LogP contribution in [0.4, 0.5) is 0 Å². The highest BCUT2D eigenvalue weighted by Gasteiger charge is 2.24. The topological polar surface area (TPSA) is 37.3 Å². The zero-order valence-electron chi connectivity index (χ0n) is 9.10. The molecule has 0 amide bonds. The first-order chi connectivity index (χ1) is 7.02. The van der Waals surface area contributed by atoms with E-state index in [4.69, 9.17) is 5.11 Å². The van der Waals surface area contributed by atoms with Crippen molar-refractivity contribution in [2.45, 2.75) is 20.3 Å². The summed E-state index contributed by atoms with van der Waals surface area (Å²) in [4.78, 5) is 10.8. The van der Waals surface area contributed by atoms with Crippen LogP contribution in [0.2, 0.25) is 0 Å². The summed E-state index contributed by atoms with van der Waals surface area (Å²) < 4.78 is 0. The molecule has 0 aliphatic rings. The fraction of sp³-hybridized carbons (Fsp3) is 0.308. The lowest BCUT2D eigenvalue weighted by Crippen LogP contribution is -2.22. The predicted octanol–water partition coefficient (Wildman–Crippen LogP) is 3.20. The van der Waals surface area contributed by atoms with Crippen LogP contribution in [0.1, 0.15) is 25.8 Å². The van der Waals surface area contributed by atoms with E-state index in [0.717, 1.165) is 5.56 Å². The quantitative estimate of drug-likeness (QED) is 0.817. The third-order valence-electron chi connectivity index (χ3n) is 2.32. The number of allylic oxidation sites excluding steroid dienone is 1. The third kappa shape index (κ3) is 3.58. The Morgan fingerprint density at radius 1 is 1.33 bits per heavy atom. The lowest BCUT2D eigenvalue weighted by atomic mass is 9.89. The summed E-state index contributed by atoms with van der Waals surface area (Å²) in [6.45, 7) is 3.45. The minimum atomic E-state index is -0.764. The number of hydrogen-bond donors (Lipinski definition) is 1. The van der Waals surface area contributed by atoms with Crippen LogP contribution in [0.15, 0.2) is 36.4 Å². The van der Waals surface area contributed by atoms with Gasteiger partial charge in [-0.25, -0.2) is 0 Å². The van der Waals surface area contributed by atoms with Gasteiger partial charge in [0.15, 0.2) is 0 Å². The second-order valence-corrected chi connectivity index (χ2v) is 4.21. The molecule has 15 heavy (non-hydrogen) atoms. The van der Waals surface area contributed by atoms with Crippen LogP contribution in [0.5, 0.6) is 0 Å². The standard InChI is InChI=1S/C13H16O2/c1-13(2,12(14)15)10-6-9-11-7-4-3-5-8-11/h3-9H,10H2,1-2H3,(H,14,15)/b9-6+. The number of rotatable bonds is 4. The van der Waals surface area contributed by atoms with Gasteiger partial charge < -0.3 is 5.11 Å². The third-order valence-corrected chi connectivity index (χ3v) is 2.32. The van der Waals surface area contributed by atoms with E-state index in [1.165, 1.54) is 0 Å². The van der Waals surface area contributed by atoms with Gasteiger partial charge in [0.2, 0.25) is 0 Å². The SMILES string of the molecule is CC(C)(C/C=C/c1ccccc1)C(=O)O. The first kappa shape index (κ1) is 11.5. The summed E-state index contributed by atoms with van der Waals surface area (Å²) in [7, 11) is 0. The zero-order valence-corrected chi connectivity index (χ0v) is 9.10. The molecule has 1 aromatic rings. The summed E-state index contributed by atoms with van der Waals surface area (Å²) in [6, 6.07) is 9.86. The largest absolute Gasteiger partial charge is 0.481 e. The van der Waals surface area contributed by atoms with Crippen LogP contribution in [0, 0.1) is 5.41 Å². The summed E-state index contributed by atoms with van der Waals surface area (Å²) in [5.41, 5.74) is 0.407. The Labute approximate surface area is 90.3 Å². The van der Waals surface area contributed by atoms with Gasteiger partial charge in [0.1, 0.15) is 0 Å². The molecular formula is C13H16O2. The average Bonchev–Trinajstić information content (AvgIpc) is 2.19. The zero-order chi connectivity index (χ0) is 11.3. The normalized spacial score (nSPS) is 11.9. The van der Waals surface area contributed by atoms with Crippen molar-refractivity contribution in [3.8, 4) is 0 Å². The molecule has 2 nitrogen and oxygen atoms in total. The second kappa shape index (κ2) is 4.78. The van der Waals surface area contributed by atoms with Crippen molar-refractivity contribution in [3.63, 3.8) is 0 Å². The Morgan fingerprint density at radius 3 is 2.47 bits per heavy atom. The van der Waals surface area contributed by atoms with Gasteiger partial charge in [-0.1, -0.05) is 42.5 Å². The molecule has 0 aliphatic carbocycles. The Bertz CT molecular complexity index is 350. The van der Waals surface area contributed by atoms with Gasteiger partial charge in [0.05, 0.1) is 5.41 Å². The maximum atomic E-state index is 10.8. The van der Waals surface area contributed by atoms with E-state index in [9.17, 15) is 4.79 Å². The van der Waals surface area contributed by atoms with Crippen molar-refractivity contribution in [2.75, 3.05) is 0 Å². The van der Waals surface area contributed by atoms with Crippen LogP contribution < -0.4 is 0 Å². The van der Waals surface area contributed by atoms with E-state index in [1.807, 2.05) is 42.5 Å². The van der Waals surface area contributed by atoms with Crippen molar-refractivity contribution in [2.24, 2.45) is 5.41 Å². The van der Waals surface area contributed by atoms with Gasteiger partial charge in [0, 0.05) is 0 Å². The number of benzene rings is 1. The van der Waals surface area contributed by atoms with Crippen molar-refractivity contribution in [3.05, 3.63) is 42.0 Å². The molecule has 2 heteroatoms. The van der Waals surface area contributed by atoms with E-state index < -0.39 is 11.4 Å². The molecule has 1 aromatic carbocycles. The molecule has 0 atom stereocenters. The highest BCUT2D eigenvalue weighted by atomic mass is 16.4. The van der Waals surface area contributed by atoms with Crippen LogP contribution in [0.3, 0.4) is 0 Å². The average molecular weight is 204 g/mol. The smallest absolute Gasteiger partial charge is 0.309 e.